The molecule has 1 aliphatic heterocycles. The second-order valence-corrected chi connectivity index (χ2v) is 8.04. The summed E-state index contributed by atoms with van der Waals surface area (Å²) in [5.74, 6) is -0.452. The lowest BCUT2D eigenvalue weighted by Gasteiger charge is -2.35. The Hall–Kier alpha value is -1.89. The molecule has 0 bridgehead atoms. The number of halogens is 3. The Kier molecular flexibility index (Phi) is 5.65. The number of anilines is 2. The van der Waals surface area contributed by atoms with Gasteiger partial charge in [0.05, 0.1) is 6.26 Å². The minimum atomic E-state index is -2.00. The molecule has 0 aliphatic carbocycles. The van der Waals surface area contributed by atoms with Crippen LogP contribution >= 0.6 is 34.8 Å². The normalized spacial score (nSPS) is 15.0. The van der Waals surface area contributed by atoms with Crippen molar-refractivity contribution >= 4 is 58.0 Å². The molecule has 138 valence electrons. The van der Waals surface area contributed by atoms with Crippen molar-refractivity contribution in [2.75, 3.05) is 36.4 Å². The van der Waals surface area contributed by atoms with E-state index in [0.717, 1.165) is 5.69 Å². The molecule has 9 heteroatoms. The van der Waals surface area contributed by atoms with Crippen molar-refractivity contribution in [1.82, 2.24) is 4.90 Å². The smallest absolute Gasteiger partial charge is 0.289 e. The van der Waals surface area contributed by atoms with Crippen molar-refractivity contribution in [1.29, 1.82) is 0 Å². The second-order valence-electron chi connectivity index (χ2n) is 5.76. The first-order valence-electron chi connectivity index (χ1n) is 7.90. The zero-order chi connectivity index (χ0) is 18.7. The van der Waals surface area contributed by atoms with Crippen LogP contribution in [0.2, 0.25) is 0 Å². The van der Waals surface area contributed by atoms with Gasteiger partial charge in [-0.2, -0.15) is 0 Å². The summed E-state index contributed by atoms with van der Waals surface area (Å²) in [5, 5.41) is 2.53. The fourth-order valence-electron chi connectivity index (χ4n) is 2.68. The zero-order valence-corrected chi connectivity index (χ0v) is 15.9. The third kappa shape index (κ3) is 4.44. The van der Waals surface area contributed by atoms with Gasteiger partial charge in [0.25, 0.3) is 15.6 Å². The van der Waals surface area contributed by atoms with Gasteiger partial charge in [-0.3, -0.25) is 9.59 Å². The molecule has 0 radical (unpaired) electrons. The van der Waals surface area contributed by atoms with Crippen molar-refractivity contribution in [2.24, 2.45) is 0 Å². The van der Waals surface area contributed by atoms with Crippen LogP contribution in [-0.2, 0) is 4.79 Å². The Bertz CT molecular complexity index is 765. The van der Waals surface area contributed by atoms with Gasteiger partial charge >= 0.3 is 0 Å². The number of hydrogen-bond acceptors (Lipinski definition) is 4. The minimum absolute atomic E-state index is 0.0978. The first-order valence-corrected chi connectivity index (χ1v) is 9.04. The largest absolute Gasteiger partial charge is 0.459 e. The van der Waals surface area contributed by atoms with Gasteiger partial charge in [0.15, 0.2) is 5.76 Å². The molecule has 0 spiro atoms. The van der Waals surface area contributed by atoms with E-state index in [9.17, 15) is 9.59 Å². The third-order valence-corrected chi connectivity index (χ3v) is 4.56. The van der Waals surface area contributed by atoms with Crippen LogP contribution in [0.4, 0.5) is 11.4 Å². The van der Waals surface area contributed by atoms with Crippen molar-refractivity contribution in [3.05, 3.63) is 48.4 Å². The topological polar surface area (TPSA) is 65.8 Å². The van der Waals surface area contributed by atoms with Crippen molar-refractivity contribution in [3.63, 3.8) is 0 Å². The maximum absolute atomic E-state index is 12.3. The first kappa shape index (κ1) is 18.9. The highest BCUT2D eigenvalue weighted by Crippen LogP contribution is 2.28. The van der Waals surface area contributed by atoms with E-state index < -0.39 is 9.70 Å². The number of nitrogens with zero attached hydrogens (tertiary/aromatic N) is 2. The van der Waals surface area contributed by atoms with E-state index in [-0.39, 0.29) is 5.91 Å². The molecule has 3 rings (SSSR count). The fraction of sp³-hybridized carbons (Fsp3) is 0.294. The number of rotatable bonds is 3. The number of piperazine rings is 1. The quantitative estimate of drug-likeness (QED) is 0.777. The first-order chi connectivity index (χ1) is 12.3. The van der Waals surface area contributed by atoms with Crippen LogP contribution in [-0.4, -0.2) is 46.7 Å². The molecule has 2 heterocycles. The Morgan fingerprint density at radius 2 is 1.65 bits per heavy atom. The van der Waals surface area contributed by atoms with Crippen LogP contribution in [0.5, 0.6) is 0 Å². The molecular formula is C17H16Cl3N3O3. The monoisotopic (exact) mass is 415 g/mol. The predicted molar refractivity (Wildman–Crippen MR) is 102 cm³/mol. The highest BCUT2D eigenvalue weighted by atomic mass is 35.6. The summed E-state index contributed by atoms with van der Waals surface area (Å²) in [4.78, 5) is 27.9. The number of amides is 2. The summed E-state index contributed by atoms with van der Waals surface area (Å²) in [6.07, 6.45) is 1.49. The van der Waals surface area contributed by atoms with Crippen LogP contribution < -0.4 is 10.2 Å². The van der Waals surface area contributed by atoms with Crippen molar-refractivity contribution in [3.8, 4) is 0 Å². The van der Waals surface area contributed by atoms with Gasteiger partial charge in [0, 0.05) is 37.6 Å². The van der Waals surface area contributed by atoms with Gasteiger partial charge in [0.2, 0.25) is 0 Å². The molecule has 2 amide bonds. The van der Waals surface area contributed by atoms with E-state index in [0.29, 0.717) is 37.6 Å². The molecule has 26 heavy (non-hydrogen) atoms. The molecular weight excluding hydrogens is 401 g/mol. The molecule has 1 saturated heterocycles. The molecule has 0 atom stereocenters. The van der Waals surface area contributed by atoms with Crippen molar-refractivity contribution < 1.29 is 14.0 Å². The SMILES string of the molecule is O=C(c1ccco1)N1CCN(c2ccc(NC(=O)C(Cl)(Cl)Cl)cc2)CC1. The molecule has 6 nitrogen and oxygen atoms in total. The molecule has 1 aliphatic rings. The highest BCUT2D eigenvalue weighted by Gasteiger charge is 2.30. The van der Waals surface area contributed by atoms with Gasteiger partial charge in [0.1, 0.15) is 0 Å². The Morgan fingerprint density at radius 3 is 2.19 bits per heavy atom. The van der Waals surface area contributed by atoms with E-state index in [1.54, 1.807) is 29.2 Å². The summed E-state index contributed by atoms with van der Waals surface area (Å²) >= 11 is 16.6. The fourth-order valence-corrected chi connectivity index (χ4v) is 2.82. The average Bonchev–Trinajstić information content (AvgIpc) is 3.16. The summed E-state index contributed by atoms with van der Waals surface area (Å²) in [7, 11) is 0. The zero-order valence-electron chi connectivity index (χ0n) is 13.6. The van der Waals surface area contributed by atoms with Crippen LogP contribution in [0.1, 0.15) is 10.6 Å². The van der Waals surface area contributed by atoms with Crippen LogP contribution in [0.15, 0.2) is 47.1 Å². The molecule has 1 N–H and O–H groups in total. The lowest BCUT2D eigenvalue weighted by Crippen LogP contribution is -2.48. The maximum Gasteiger partial charge on any atom is 0.289 e. The molecule has 2 aromatic rings. The Labute approximate surface area is 165 Å². The summed E-state index contributed by atoms with van der Waals surface area (Å²) in [6.45, 7) is 2.61. The van der Waals surface area contributed by atoms with E-state index in [1.165, 1.54) is 6.26 Å². The van der Waals surface area contributed by atoms with Gasteiger partial charge < -0.3 is 19.5 Å². The number of carbonyl (C=O) groups is 2. The van der Waals surface area contributed by atoms with E-state index in [4.69, 9.17) is 39.2 Å². The molecule has 0 unspecified atom stereocenters. The van der Waals surface area contributed by atoms with E-state index in [1.807, 2.05) is 12.1 Å². The second kappa shape index (κ2) is 7.78. The van der Waals surface area contributed by atoms with Crippen LogP contribution in [0.25, 0.3) is 0 Å². The molecule has 1 aromatic carbocycles. The Balaban J connectivity index is 1.56. The lowest BCUT2D eigenvalue weighted by atomic mass is 10.2. The predicted octanol–water partition coefficient (Wildman–Crippen LogP) is 3.55. The number of nitrogens with one attached hydrogen (secondary N) is 1. The number of alkyl halides is 3. The van der Waals surface area contributed by atoms with Crippen molar-refractivity contribution in [2.45, 2.75) is 3.79 Å². The summed E-state index contributed by atoms with van der Waals surface area (Å²) in [5.41, 5.74) is 1.53. The van der Waals surface area contributed by atoms with Gasteiger partial charge in [-0.05, 0) is 36.4 Å². The van der Waals surface area contributed by atoms with E-state index in [2.05, 4.69) is 10.2 Å². The molecule has 0 saturated carbocycles. The van der Waals surface area contributed by atoms with E-state index >= 15 is 0 Å². The van der Waals surface area contributed by atoms with Crippen LogP contribution in [0, 0.1) is 0 Å². The minimum Gasteiger partial charge on any atom is -0.459 e. The standard InChI is InChI=1S/C17H16Cl3N3O3/c18-17(19,20)16(25)21-12-3-5-13(6-4-12)22-7-9-23(10-8-22)15(24)14-2-1-11-26-14/h1-6,11H,7-10H2,(H,21,25). The summed E-state index contributed by atoms with van der Waals surface area (Å²) in [6, 6.07) is 10.6. The number of carbonyl (C=O) groups excluding carboxylic acids is 2. The van der Waals surface area contributed by atoms with Gasteiger partial charge in [-0.15, -0.1) is 0 Å². The Morgan fingerprint density at radius 1 is 1.00 bits per heavy atom. The van der Waals surface area contributed by atoms with Gasteiger partial charge in [-0.1, -0.05) is 34.8 Å². The average molecular weight is 417 g/mol. The number of furan rings is 1. The molecule has 1 fully saturated rings. The van der Waals surface area contributed by atoms with Gasteiger partial charge in [-0.25, -0.2) is 0 Å². The number of benzene rings is 1. The highest BCUT2D eigenvalue weighted by molar-refractivity contribution is 6.76. The third-order valence-electron chi connectivity index (χ3n) is 4.05. The lowest BCUT2D eigenvalue weighted by molar-refractivity contribution is -0.115. The van der Waals surface area contributed by atoms with Crippen LogP contribution in [0.3, 0.4) is 0 Å². The number of hydrogen-bond donors (Lipinski definition) is 1. The maximum atomic E-state index is 12.3. The molecule has 1 aromatic heterocycles. The summed E-state index contributed by atoms with van der Waals surface area (Å²) < 4.78 is 3.16.